The van der Waals surface area contributed by atoms with Crippen molar-refractivity contribution in [2.75, 3.05) is 5.75 Å². The largest absolute Gasteiger partial charge is 0.272 e. The van der Waals surface area contributed by atoms with Crippen LogP contribution < -0.4 is 11.0 Å². The molecule has 10 heteroatoms. The maximum Gasteiger partial charge on any atom is 0.267 e. The van der Waals surface area contributed by atoms with Crippen molar-refractivity contribution in [1.29, 1.82) is 0 Å². The van der Waals surface area contributed by atoms with E-state index >= 15 is 0 Å². The standard InChI is InChI=1S/C26H22BrClN4O2S2/c1-15(16-6-8-17(27)9-7-16)30-31-22(33)14-35-26-29-24-23(20-4-2-3-5-21(20)36-24)25(34)32(26)19-12-10-18(28)11-13-19/h6-13H,2-5,14H2,1H3,(H,31,33). The third-order valence-electron chi connectivity index (χ3n) is 5.99. The molecule has 0 atom stereocenters. The fraction of sp³-hybridized carbons (Fsp3) is 0.231. The van der Waals surface area contributed by atoms with Crippen molar-refractivity contribution in [3.8, 4) is 5.69 Å². The Balaban J connectivity index is 1.43. The average molecular weight is 602 g/mol. The molecule has 36 heavy (non-hydrogen) atoms. The number of fused-ring (bicyclic) bond motifs is 3. The van der Waals surface area contributed by atoms with E-state index in [0.717, 1.165) is 46.1 Å². The van der Waals surface area contributed by atoms with E-state index in [9.17, 15) is 9.59 Å². The number of carbonyl (C=O) groups excluding carboxylic acids is 1. The number of thioether (sulfide) groups is 1. The van der Waals surface area contributed by atoms with Gasteiger partial charge in [0.1, 0.15) is 4.83 Å². The number of aryl methyl sites for hydroxylation is 2. The number of halogens is 2. The third kappa shape index (κ3) is 5.29. The molecule has 6 nitrogen and oxygen atoms in total. The zero-order valence-corrected chi connectivity index (χ0v) is 23.4. The first kappa shape index (κ1) is 25.2. The summed E-state index contributed by atoms with van der Waals surface area (Å²) in [6.45, 7) is 1.84. The first-order valence-corrected chi connectivity index (χ1v) is 14.4. The number of hydrogen-bond donors (Lipinski definition) is 1. The van der Waals surface area contributed by atoms with Crippen molar-refractivity contribution in [2.24, 2.45) is 5.10 Å². The molecule has 4 aromatic rings. The van der Waals surface area contributed by atoms with E-state index in [4.69, 9.17) is 16.6 Å². The Morgan fingerprint density at radius 3 is 2.64 bits per heavy atom. The molecule has 1 amide bonds. The molecule has 2 heterocycles. The number of nitrogens with one attached hydrogen (secondary N) is 1. The Morgan fingerprint density at radius 1 is 1.17 bits per heavy atom. The van der Waals surface area contributed by atoms with E-state index in [1.807, 2.05) is 31.2 Å². The number of hydrogen-bond acceptors (Lipinski definition) is 6. The molecule has 0 bridgehead atoms. The predicted octanol–water partition coefficient (Wildman–Crippen LogP) is 6.37. The number of benzene rings is 2. The van der Waals surface area contributed by atoms with Gasteiger partial charge in [-0.3, -0.25) is 14.2 Å². The number of nitrogens with zero attached hydrogens (tertiary/aromatic N) is 3. The van der Waals surface area contributed by atoms with Gasteiger partial charge in [0.15, 0.2) is 5.16 Å². The van der Waals surface area contributed by atoms with Gasteiger partial charge in [0, 0.05) is 14.4 Å². The van der Waals surface area contributed by atoms with Gasteiger partial charge in [-0.05, 0) is 80.1 Å². The molecule has 5 rings (SSSR count). The van der Waals surface area contributed by atoms with Crippen molar-refractivity contribution in [1.82, 2.24) is 15.0 Å². The molecule has 0 unspecified atom stereocenters. The predicted molar refractivity (Wildman–Crippen MR) is 152 cm³/mol. The molecule has 184 valence electrons. The zero-order valence-electron chi connectivity index (χ0n) is 19.4. The first-order chi connectivity index (χ1) is 17.4. The molecule has 0 saturated carbocycles. The van der Waals surface area contributed by atoms with Crippen LogP contribution in [-0.4, -0.2) is 26.9 Å². The highest BCUT2D eigenvalue weighted by atomic mass is 79.9. The van der Waals surface area contributed by atoms with Crippen LogP contribution in [0.15, 0.2) is 68.1 Å². The van der Waals surface area contributed by atoms with Crippen LogP contribution in [0, 0.1) is 0 Å². The van der Waals surface area contributed by atoms with Crippen LogP contribution in [0.25, 0.3) is 15.9 Å². The van der Waals surface area contributed by atoms with Gasteiger partial charge in [-0.1, -0.05) is 51.4 Å². The quantitative estimate of drug-likeness (QED) is 0.121. The van der Waals surface area contributed by atoms with Crippen LogP contribution in [0.3, 0.4) is 0 Å². The Hall–Kier alpha value is -2.46. The third-order valence-corrected chi connectivity index (χ3v) is 8.89. The van der Waals surface area contributed by atoms with Crippen LogP contribution in [0.5, 0.6) is 0 Å². The van der Waals surface area contributed by atoms with Gasteiger partial charge in [-0.15, -0.1) is 11.3 Å². The average Bonchev–Trinajstić information content (AvgIpc) is 3.26. The van der Waals surface area contributed by atoms with Gasteiger partial charge in [-0.2, -0.15) is 5.10 Å². The Morgan fingerprint density at radius 2 is 1.89 bits per heavy atom. The first-order valence-electron chi connectivity index (χ1n) is 11.5. The molecule has 1 aliphatic rings. The molecule has 0 aliphatic heterocycles. The maximum atomic E-state index is 13.8. The molecule has 1 aliphatic carbocycles. The second-order valence-electron chi connectivity index (χ2n) is 8.43. The van der Waals surface area contributed by atoms with Crippen LogP contribution in [0.1, 0.15) is 35.8 Å². The van der Waals surface area contributed by atoms with E-state index in [-0.39, 0.29) is 17.2 Å². The van der Waals surface area contributed by atoms with E-state index in [2.05, 4.69) is 26.5 Å². The van der Waals surface area contributed by atoms with Gasteiger partial charge in [0.25, 0.3) is 11.5 Å². The molecule has 2 aromatic carbocycles. The summed E-state index contributed by atoms with van der Waals surface area (Å²) in [5.74, 6) is -0.216. The summed E-state index contributed by atoms with van der Waals surface area (Å²) in [6.07, 6.45) is 4.10. The normalized spacial score (nSPS) is 13.6. The molecule has 0 radical (unpaired) electrons. The van der Waals surface area contributed by atoms with E-state index in [1.165, 1.54) is 16.6 Å². The summed E-state index contributed by atoms with van der Waals surface area (Å²) < 4.78 is 2.57. The summed E-state index contributed by atoms with van der Waals surface area (Å²) in [5, 5.41) is 5.98. The summed E-state index contributed by atoms with van der Waals surface area (Å²) in [6, 6.07) is 14.8. The molecule has 1 N–H and O–H groups in total. The second-order valence-corrected chi connectivity index (χ2v) is 11.8. The van der Waals surface area contributed by atoms with Crippen LogP contribution in [0.2, 0.25) is 5.02 Å². The summed E-state index contributed by atoms with van der Waals surface area (Å²) in [5.41, 5.74) is 5.92. The van der Waals surface area contributed by atoms with Gasteiger partial charge in [0.2, 0.25) is 0 Å². The van der Waals surface area contributed by atoms with Crippen LogP contribution in [0.4, 0.5) is 0 Å². The minimum atomic E-state index is -0.279. The molecular formula is C26H22BrClN4O2S2. The minimum absolute atomic E-state index is 0.0632. The van der Waals surface area contributed by atoms with E-state index in [0.29, 0.717) is 27.0 Å². The fourth-order valence-corrected chi connectivity index (χ4v) is 6.66. The highest BCUT2D eigenvalue weighted by Gasteiger charge is 2.23. The molecule has 0 saturated heterocycles. The second kappa shape index (κ2) is 10.9. The van der Waals surface area contributed by atoms with Crippen molar-refractivity contribution in [2.45, 2.75) is 37.8 Å². The minimum Gasteiger partial charge on any atom is -0.272 e. The number of thiophene rings is 1. The lowest BCUT2D eigenvalue weighted by molar-refractivity contribution is -0.118. The SMILES string of the molecule is CC(=NNC(=O)CSc1nc2sc3c(c2c(=O)n1-c1ccc(Cl)cc1)CCCC3)c1ccc(Br)cc1. The number of amides is 1. The Kier molecular flexibility index (Phi) is 7.62. The van der Waals surface area contributed by atoms with Crippen molar-refractivity contribution in [3.05, 3.63) is 84.4 Å². The highest BCUT2D eigenvalue weighted by Crippen LogP contribution is 2.35. The topological polar surface area (TPSA) is 76.3 Å². The Bertz CT molecular complexity index is 1530. The fourth-order valence-electron chi connectivity index (χ4n) is 4.17. The number of carbonyl (C=O) groups is 1. The lowest BCUT2D eigenvalue weighted by atomic mass is 9.97. The molecular weight excluding hydrogens is 580 g/mol. The molecule has 0 spiro atoms. The summed E-state index contributed by atoms with van der Waals surface area (Å²) in [4.78, 5) is 33.2. The molecule has 2 aromatic heterocycles. The van der Waals surface area contributed by atoms with Gasteiger partial charge < -0.3 is 0 Å². The number of hydrazone groups is 1. The van der Waals surface area contributed by atoms with Crippen molar-refractivity contribution in [3.63, 3.8) is 0 Å². The van der Waals surface area contributed by atoms with Crippen molar-refractivity contribution < 1.29 is 4.79 Å². The van der Waals surface area contributed by atoms with Crippen LogP contribution >= 0.6 is 50.6 Å². The zero-order chi connectivity index (χ0) is 25.2. The molecule has 0 fully saturated rings. The lowest BCUT2D eigenvalue weighted by Gasteiger charge is -2.13. The summed E-state index contributed by atoms with van der Waals surface area (Å²) in [7, 11) is 0. The van der Waals surface area contributed by atoms with E-state index in [1.54, 1.807) is 40.2 Å². The van der Waals surface area contributed by atoms with Crippen LogP contribution in [-0.2, 0) is 17.6 Å². The monoisotopic (exact) mass is 600 g/mol. The van der Waals surface area contributed by atoms with Gasteiger partial charge >= 0.3 is 0 Å². The van der Waals surface area contributed by atoms with Gasteiger partial charge in [-0.25, -0.2) is 10.4 Å². The number of aromatic nitrogens is 2. The van der Waals surface area contributed by atoms with E-state index < -0.39 is 0 Å². The summed E-state index contributed by atoms with van der Waals surface area (Å²) >= 11 is 12.3. The smallest absolute Gasteiger partial charge is 0.267 e. The van der Waals surface area contributed by atoms with Gasteiger partial charge in [0.05, 0.1) is 22.5 Å². The maximum absolute atomic E-state index is 13.8. The lowest BCUT2D eigenvalue weighted by Crippen LogP contribution is -2.24. The number of rotatable bonds is 6. The highest BCUT2D eigenvalue weighted by molar-refractivity contribution is 9.10. The van der Waals surface area contributed by atoms with Crippen molar-refractivity contribution >= 4 is 72.5 Å². The Labute approximate surface area is 229 Å².